The minimum atomic E-state index is -0.00186. The first-order chi connectivity index (χ1) is 11.6. The number of amides is 2. The maximum Gasteiger partial charge on any atom is 0.255 e. The zero-order valence-electron chi connectivity index (χ0n) is 14.3. The smallest absolute Gasteiger partial charge is 0.255 e. The third kappa shape index (κ3) is 4.04. The molecule has 1 aromatic rings. The molecule has 24 heavy (non-hydrogen) atoms. The molecule has 1 aliphatic carbocycles. The number of nitrogens with zero attached hydrogens (tertiary/aromatic N) is 3. The molecule has 2 heterocycles. The predicted octanol–water partition coefficient (Wildman–Crippen LogP) is 2.13. The normalized spacial score (nSPS) is 19.2. The van der Waals surface area contributed by atoms with Crippen LogP contribution < -0.4 is 5.32 Å². The molecule has 1 saturated carbocycles. The summed E-state index contributed by atoms with van der Waals surface area (Å²) in [6.45, 7) is 3.95. The number of carbonyl (C=O) groups excluding carboxylic acids is 2. The summed E-state index contributed by atoms with van der Waals surface area (Å²) in [5.74, 6) is 0.0699. The predicted molar refractivity (Wildman–Crippen MR) is 92.9 cm³/mol. The molecule has 0 atom stereocenters. The van der Waals surface area contributed by atoms with E-state index in [0.29, 0.717) is 37.8 Å². The highest BCUT2D eigenvalue weighted by Crippen LogP contribution is 2.22. The van der Waals surface area contributed by atoms with E-state index >= 15 is 0 Å². The van der Waals surface area contributed by atoms with Gasteiger partial charge in [0, 0.05) is 51.5 Å². The van der Waals surface area contributed by atoms with E-state index in [1.54, 1.807) is 29.1 Å². The van der Waals surface area contributed by atoms with Gasteiger partial charge < -0.3 is 15.1 Å². The second kappa shape index (κ2) is 7.64. The Bertz CT molecular complexity index is 590. The lowest BCUT2D eigenvalue weighted by atomic mass is 9.95. The van der Waals surface area contributed by atoms with E-state index < -0.39 is 0 Å². The van der Waals surface area contributed by atoms with Crippen molar-refractivity contribution >= 4 is 17.5 Å². The average molecular weight is 330 g/mol. The average Bonchev–Trinajstić information content (AvgIpc) is 2.62. The summed E-state index contributed by atoms with van der Waals surface area (Å²) < 4.78 is 0. The van der Waals surface area contributed by atoms with Crippen LogP contribution in [0, 0.1) is 0 Å². The highest BCUT2D eigenvalue weighted by molar-refractivity contribution is 5.95. The lowest BCUT2D eigenvalue weighted by molar-refractivity contribution is -0.130. The number of piperazine rings is 1. The van der Waals surface area contributed by atoms with Gasteiger partial charge in [-0.25, -0.2) is 0 Å². The van der Waals surface area contributed by atoms with Gasteiger partial charge in [-0.3, -0.25) is 14.6 Å². The molecule has 0 unspecified atom stereocenters. The molecule has 6 nitrogen and oxygen atoms in total. The molecule has 0 bridgehead atoms. The zero-order valence-corrected chi connectivity index (χ0v) is 14.3. The van der Waals surface area contributed by atoms with Crippen molar-refractivity contribution in [3.63, 3.8) is 0 Å². The Morgan fingerprint density at radius 1 is 1.04 bits per heavy atom. The van der Waals surface area contributed by atoms with Crippen molar-refractivity contribution in [3.05, 3.63) is 24.0 Å². The third-order valence-corrected chi connectivity index (χ3v) is 4.97. The fraction of sp³-hybridized carbons (Fsp3) is 0.611. The highest BCUT2D eigenvalue weighted by Gasteiger charge is 2.23. The number of pyridine rings is 1. The Morgan fingerprint density at radius 2 is 1.71 bits per heavy atom. The number of hydrogen-bond acceptors (Lipinski definition) is 4. The summed E-state index contributed by atoms with van der Waals surface area (Å²) in [5.41, 5.74) is 1.54. The van der Waals surface area contributed by atoms with Crippen LogP contribution >= 0.6 is 0 Å². The van der Waals surface area contributed by atoms with E-state index in [4.69, 9.17) is 0 Å². The fourth-order valence-electron chi connectivity index (χ4n) is 3.53. The first-order valence-electron chi connectivity index (χ1n) is 8.90. The zero-order chi connectivity index (χ0) is 16.9. The maximum atomic E-state index is 12.7. The van der Waals surface area contributed by atoms with E-state index in [9.17, 15) is 9.59 Å². The standard InChI is InChI=1S/C18H26N4O2/c1-14(23)21-7-9-22(10-8-21)18(24)15-11-17(13-19-12-15)20-16-5-3-2-4-6-16/h11-13,16,20H,2-10H2,1H3. The van der Waals surface area contributed by atoms with E-state index in [1.165, 1.54) is 32.1 Å². The lowest BCUT2D eigenvalue weighted by Crippen LogP contribution is -2.50. The van der Waals surface area contributed by atoms with Gasteiger partial charge in [0.25, 0.3) is 5.91 Å². The summed E-state index contributed by atoms with van der Waals surface area (Å²) in [6, 6.07) is 2.39. The van der Waals surface area contributed by atoms with Crippen LogP contribution in [0.2, 0.25) is 0 Å². The lowest BCUT2D eigenvalue weighted by Gasteiger charge is -2.34. The molecule has 3 rings (SSSR count). The minimum absolute atomic E-state index is 0.00186. The molecule has 1 saturated heterocycles. The molecule has 0 aromatic carbocycles. The van der Waals surface area contributed by atoms with Gasteiger partial charge in [-0.05, 0) is 18.9 Å². The van der Waals surface area contributed by atoms with Crippen LogP contribution in [-0.4, -0.2) is 58.8 Å². The maximum absolute atomic E-state index is 12.7. The van der Waals surface area contributed by atoms with Gasteiger partial charge in [0.2, 0.25) is 5.91 Å². The van der Waals surface area contributed by atoms with Gasteiger partial charge in [-0.2, -0.15) is 0 Å². The SMILES string of the molecule is CC(=O)N1CCN(C(=O)c2cncc(NC3CCCCC3)c2)CC1. The van der Waals surface area contributed by atoms with Crippen LogP contribution in [0.1, 0.15) is 49.4 Å². The Morgan fingerprint density at radius 3 is 2.38 bits per heavy atom. The van der Waals surface area contributed by atoms with E-state index in [0.717, 1.165) is 5.69 Å². The molecule has 2 fully saturated rings. The monoisotopic (exact) mass is 330 g/mol. The largest absolute Gasteiger partial charge is 0.381 e. The van der Waals surface area contributed by atoms with E-state index in [1.807, 2.05) is 6.07 Å². The van der Waals surface area contributed by atoms with Gasteiger partial charge >= 0.3 is 0 Å². The molecule has 2 amide bonds. The second-order valence-corrected chi connectivity index (χ2v) is 6.74. The summed E-state index contributed by atoms with van der Waals surface area (Å²) >= 11 is 0. The van der Waals surface area contributed by atoms with Gasteiger partial charge in [0.15, 0.2) is 0 Å². The Balaban J connectivity index is 1.61. The van der Waals surface area contributed by atoms with Crippen LogP contribution in [0.5, 0.6) is 0 Å². The van der Waals surface area contributed by atoms with Gasteiger partial charge in [0.05, 0.1) is 11.3 Å². The van der Waals surface area contributed by atoms with Crippen LogP contribution in [0.3, 0.4) is 0 Å². The van der Waals surface area contributed by atoms with Crippen LogP contribution in [0.25, 0.3) is 0 Å². The molecule has 1 N–H and O–H groups in total. The van der Waals surface area contributed by atoms with Gasteiger partial charge in [-0.1, -0.05) is 19.3 Å². The molecular formula is C18H26N4O2. The molecule has 130 valence electrons. The third-order valence-electron chi connectivity index (χ3n) is 4.97. The van der Waals surface area contributed by atoms with Crippen LogP contribution in [-0.2, 0) is 4.79 Å². The Hall–Kier alpha value is -2.11. The van der Waals surface area contributed by atoms with Crippen LogP contribution in [0.4, 0.5) is 5.69 Å². The topological polar surface area (TPSA) is 65.5 Å². The first kappa shape index (κ1) is 16.7. The van der Waals surface area contributed by atoms with Crippen molar-refractivity contribution in [3.8, 4) is 0 Å². The molecule has 6 heteroatoms. The molecule has 1 aliphatic heterocycles. The molecule has 1 aromatic heterocycles. The second-order valence-electron chi connectivity index (χ2n) is 6.74. The molecular weight excluding hydrogens is 304 g/mol. The summed E-state index contributed by atoms with van der Waals surface area (Å²) in [6.07, 6.45) is 9.65. The molecule has 0 radical (unpaired) electrons. The van der Waals surface area contributed by atoms with Crippen LogP contribution in [0.15, 0.2) is 18.5 Å². The van der Waals surface area contributed by atoms with Crippen molar-refractivity contribution in [1.82, 2.24) is 14.8 Å². The highest BCUT2D eigenvalue weighted by atomic mass is 16.2. The molecule has 0 spiro atoms. The van der Waals surface area contributed by atoms with Crippen molar-refractivity contribution in [1.29, 1.82) is 0 Å². The first-order valence-corrected chi connectivity index (χ1v) is 8.90. The van der Waals surface area contributed by atoms with Crippen molar-refractivity contribution in [2.45, 2.75) is 45.1 Å². The number of rotatable bonds is 3. The van der Waals surface area contributed by atoms with E-state index in [2.05, 4.69) is 10.3 Å². The molecule has 2 aliphatic rings. The number of anilines is 1. The van der Waals surface area contributed by atoms with E-state index in [-0.39, 0.29) is 11.8 Å². The van der Waals surface area contributed by atoms with Gasteiger partial charge in [0.1, 0.15) is 0 Å². The quantitative estimate of drug-likeness (QED) is 0.922. The number of nitrogens with one attached hydrogen (secondary N) is 1. The Kier molecular flexibility index (Phi) is 5.33. The summed E-state index contributed by atoms with van der Waals surface area (Å²) in [5, 5.41) is 3.51. The van der Waals surface area contributed by atoms with Crippen molar-refractivity contribution in [2.75, 3.05) is 31.5 Å². The number of carbonyl (C=O) groups is 2. The number of aromatic nitrogens is 1. The fourth-order valence-corrected chi connectivity index (χ4v) is 3.53. The Labute approximate surface area is 143 Å². The van der Waals surface area contributed by atoms with Gasteiger partial charge in [-0.15, -0.1) is 0 Å². The van der Waals surface area contributed by atoms with Crippen molar-refractivity contribution < 1.29 is 9.59 Å². The minimum Gasteiger partial charge on any atom is -0.381 e. The number of hydrogen-bond donors (Lipinski definition) is 1. The summed E-state index contributed by atoms with van der Waals surface area (Å²) in [4.78, 5) is 31.9. The van der Waals surface area contributed by atoms with Crippen molar-refractivity contribution in [2.24, 2.45) is 0 Å². The summed E-state index contributed by atoms with van der Waals surface area (Å²) in [7, 11) is 0.